The number of carbonyl (C=O) groups is 4. The van der Waals surface area contributed by atoms with Crippen LogP contribution in [0.2, 0.25) is 0 Å². The minimum atomic E-state index is -1.39. The maximum absolute atomic E-state index is 12.6. The first-order valence-electron chi connectivity index (χ1n) is 20.2. The molecular weight excluding hydrogens is 632 g/mol. The third kappa shape index (κ3) is 32.5. The van der Waals surface area contributed by atoms with Gasteiger partial charge in [-0.05, 0) is 44.6 Å². The molecule has 0 aromatic carbocycles. The van der Waals surface area contributed by atoms with Gasteiger partial charge in [-0.25, -0.2) is 4.79 Å². The van der Waals surface area contributed by atoms with Crippen LogP contribution in [0.15, 0.2) is 24.3 Å². The topological polar surface area (TPSA) is 142 Å². The molecule has 9 heteroatoms. The van der Waals surface area contributed by atoms with Crippen LogP contribution in [0, 0.1) is 0 Å². The van der Waals surface area contributed by atoms with Crippen molar-refractivity contribution in [3.63, 3.8) is 0 Å². The van der Waals surface area contributed by atoms with Crippen molar-refractivity contribution in [2.75, 3.05) is 13.2 Å². The maximum Gasteiger partial charge on any atom is 0.328 e. The first-order chi connectivity index (χ1) is 24.3. The van der Waals surface area contributed by atoms with Gasteiger partial charge in [0.2, 0.25) is 11.8 Å². The number of aliphatic hydroxyl groups is 1. The van der Waals surface area contributed by atoms with Crippen LogP contribution in [0.25, 0.3) is 0 Å². The number of unbranched alkanes of at least 4 members (excludes halogenated alkanes) is 20. The van der Waals surface area contributed by atoms with Gasteiger partial charge in [0.25, 0.3) is 0 Å². The Hall–Kier alpha value is -2.68. The van der Waals surface area contributed by atoms with Gasteiger partial charge < -0.3 is 25.6 Å². The summed E-state index contributed by atoms with van der Waals surface area (Å²) in [6.45, 7) is 3.36. The molecule has 0 heterocycles. The summed E-state index contributed by atoms with van der Waals surface area (Å²) in [6, 6.07) is -1.39. The van der Waals surface area contributed by atoms with Gasteiger partial charge in [-0.2, -0.15) is 0 Å². The van der Waals surface area contributed by atoms with Crippen molar-refractivity contribution in [1.82, 2.24) is 10.6 Å². The summed E-state index contributed by atoms with van der Waals surface area (Å²) in [5, 5.41) is 22.5. The summed E-state index contributed by atoms with van der Waals surface area (Å²) in [6.07, 6.45) is 38.1. The van der Waals surface area contributed by atoms with E-state index in [0.29, 0.717) is 12.8 Å². The molecule has 0 spiro atoms. The number of aliphatic hydroxyl groups excluding tert-OH is 1. The van der Waals surface area contributed by atoms with Gasteiger partial charge in [-0.1, -0.05) is 154 Å². The molecule has 4 N–H and O–H groups in total. The largest absolute Gasteiger partial charge is 0.480 e. The van der Waals surface area contributed by atoms with Crippen LogP contribution in [-0.2, 0) is 23.9 Å². The van der Waals surface area contributed by atoms with Crippen LogP contribution < -0.4 is 10.6 Å². The fraction of sp³-hybridized carbons (Fsp3) is 0.805. The van der Waals surface area contributed by atoms with E-state index in [-0.39, 0.29) is 30.9 Å². The second-order valence-corrected chi connectivity index (χ2v) is 13.7. The first-order valence-corrected chi connectivity index (χ1v) is 20.2. The average molecular weight is 707 g/mol. The SMILES string of the molecule is CCC/C=C\C/C=C\C(CCCCCCC(=O)NCC(=O)NC(CO)C(=O)O)OC(=O)CCCCCCCCCCCCCCCCCCC. The van der Waals surface area contributed by atoms with Gasteiger partial charge in [-0.15, -0.1) is 0 Å². The number of carbonyl (C=O) groups excluding carboxylic acids is 3. The highest BCUT2D eigenvalue weighted by Gasteiger charge is 2.18. The third-order valence-electron chi connectivity index (χ3n) is 8.92. The Bertz CT molecular complexity index is 905. The Labute approximate surface area is 304 Å². The van der Waals surface area contributed by atoms with Crippen molar-refractivity contribution >= 4 is 23.8 Å². The fourth-order valence-electron chi connectivity index (χ4n) is 5.79. The van der Waals surface area contributed by atoms with Crippen LogP contribution in [0.5, 0.6) is 0 Å². The summed E-state index contributed by atoms with van der Waals surface area (Å²) in [5.74, 6) is -2.42. The Morgan fingerprint density at radius 3 is 1.66 bits per heavy atom. The van der Waals surface area contributed by atoms with E-state index in [1.807, 2.05) is 6.08 Å². The lowest BCUT2D eigenvalue weighted by atomic mass is 10.0. The van der Waals surface area contributed by atoms with Crippen molar-refractivity contribution < 1.29 is 34.1 Å². The van der Waals surface area contributed by atoms with Gasteiger partial charge in [-0.3, -0.25) is 14.4 Å². The molecule has 0 aliphatic rings. The molecule has 0 aromatic rings. The Morgan fingerprint density at radius 2 is 1.14 bits per heavy atom. The molecule has 2 unspecified atom stereocenters. The molecule has 0 fully saturated rings. The molecule has 2 atom stereocenters. The summed E-state index contributed by atoms with van der Waals surface area (Å²) in [7, 11) is 0. The van der Waals surface area contributed by atoms with Crippen molar-refractivity contribution in [3.05, 3.63) is 24.3 Å². The van der Waals surface area contributed by atoms with Crippen molar-refractivity contribution in [2.24, 2.45) is 0 Å². The number of esters is 1. The summed E-state index contributed by atoms with van der Waals surface area (Å²) in [4.78, 5) is 47.3. The molecule has 0 bridgehead atoms. The molecule has 0 aliphatic carbocycles. The number of carboxylic acids is 1. The predicted octanol–water partition coefficient (Wildman–Crippen LogP) is 9.26. The number of amides is 2. The molecule has 0 radical (unpaired) electrons. The van der Waals surface area contributed by atoms with E-state index in [9.17, 15) is 19.2 Å². The van der Waals surface area contributed by atoms with Gasteiger partial charge >= 0.3 is 11.9 Å². The number of ether oxygens (including phenoxy) is 1. The quantitative estimate of drug-likeness (QED) is 0.0289. The van der Waals surface area contributed by atoms with E-state index in [2.05, 4.69) is 42.7 Å². The molecule has 290 valence electrons. The second-order valence-electron chi connectivity index (χ2n) is 13.7. The number of allylic oxidation sites excluding steroid dienone is 3. The zero-order chi connectivity index (χ0) is 36.9. The number of hydrogen-bond donors (Lipinski definition) is 4. The fourth-order valence-corrected chi connectivity index (χ4v) is 5.79. The van der Waals surface area contributed by atoms with E-state index in [1.165, 1.54) is 96.3 Å². The minimum absolute atomic E-state index is 0.128. The molecule has 0 aliphatic heterocycles. The van der Waals surface area contributed by atoms with Crippen molar-refractivity contribution in [2.45, 2.75) is 199 Å². The van der Waals surface area contributed by atoms with E-state index >= 15 is 0 Å². The Morgan fingerprint density at radius 1 is 0.620 bits per heavy atom. The predicted molar refractivity (Wildman–Crippen MR) is 204 cm³/mol. The highest BCUT2D eigenvalue weighted by Crippen LogP contribution is 2.16. The van der Waals surface area contributed by atoms with E-state index in [0.717, 1.165) is 57.8 Å². The normalized spacial score (nSPS) is 12.7. The summed E-state index contributed by atoms with van der Waals surface area (Å²) >= 11 is 0. The van der Waals surface area contributed by atoms with E-state index in [4.69, 9.17) is 14.9 Å². The lowest BCUT2D eigenvalue weighted by Crippen LogP contribution is -2.47. The standard InChI is InChI=1S/C41H74N2O7/c1-3-5-7-9-11-12-13-14-15-16-17-18-19-20-21-23-29-33-40(47)50-36(30-26-22-10-8-6-4-2)31-27-24-25-28-32-38(45)42-34-39(46)43-37(35-44)41(48)49/h8,10,26,30,36-37,44H,3-7,9,11-25,27-29,31-35H2,1-2H3,(H,42,45)(H,43,46)(H,48,49)/b10-8-,30-26-. The van der Waals surface area contributed by atoms with Crippen LogP contribution >= 0.6 is 0 Å². The molecular formula is C41H74N2O7. The molecule has 0 saturated heterocycles. The smallest absolute Gasteiger partial charge is 0.328 e. The zero-order valence-electron chi connectivity index (χ0n) is 31.9. The average Bonchev–Trinajstić information content (AvgIpc) is 3.10. The molecule has 9 nitrogen and oxygen atoms in total. The molecule has 0 rings (SSSR count). The van der Waals surface area contributed by atoms with Crippen LogP contribution in [0.4, 0.5) is 0 Å². The van der Waals surface area contributed by atoms with Gasteiger partial charge in [0.05, 0.1) is 13.2 Å². The summed E-state index contributed by atoms with van der Waals surface area (Å²) < 4.78 is 5.85. The molecule has 50 heavy (non-hydrogen) atoms. The monoisotopic (exact) mass is 707 g/mol. The van der Waals surface area contributed by atoms with Crippen LogP contribution in [0.1, 0.15) is 187 Å². The Kier molecular flexibility index (Phi) is 34.2. The summed E-state index contributed by atoms with van der Waals surface area (Å²) in [5.41, 5.74) is 0. The van der Waals surface area contributed by atoms with Crippen LogP contribution in [-0.4, -0.2) is 59.3 Å². The zero-order valence-corrected chi connectivity index (χ0v) is 31.9. The number of nitrogens with one attached hydrogen (secondary N) is 2. The highest BCUT2D eigenvalue weighted by atomic mass is 16.5. The molecule has 0 saturated carbocycles. The first kappa shape index (κ1) is 47.3. The van der Waals surface area contributed by atoms with Crippen molar-refractivity contribution in [1.29, 1.82) is 0 Å². The van der Waals surface area contributed by atoms with Crippen LogP contribution in [0.3, 0.4) is 0 Å². The number of rotatable bonds is 36. The number of hydrogen-bond acceptors (Lipinski definition) is 6. The molecule has 2 amide bonds. The Balaban J connectivity index is 4.13. The second kappa shape index (κ2) is 36.1. The lowest BCUT2D eigenvalue weighted by molar-refractivity contribution is -0.147. The minimum Gasteiger partial charge on any atom is -0.480 e. The third-order valence-corrected chi connectivity index (χ3v) is 8.92. The van der Waals surface area contributed by atoms with E-state index < -0.39 is 24.5 Å². The van der Waals surface area contributed by atoms with Gasteiger partial charge in [0.15, 0.2) is 0 Å². The maximum atomic E-state index is 12.6. The van der Waals surface area contributed by atoms with E-state index in [1.54, 1.807) is 0 Å². The number of carboxylic acid groups (broad SMARTS) is 1. The van der Waals surface area contributed by atoms with Crippen molar-refractivity contribution in [3.8, 4) is 0 Å². The molecule has 0 aromatic heterocycles. The highest BCUT2D eigenvalue weighted by molar-refractivity contribution is 5.87. The van der Waals surface area contributed by atoms with Gasteiger partial charge in [0, 0.05) is 12.8 Å². The lowest BCUT2D eigenvalue weighted by Gasteiger charge is -2.15. The number of aliphatic carboxylic acids is 1. The van der Waals surface area contributed by atoms with Gasteiger partial charge in [0.1, 0.15) is 12.1 Å².